The number of rotatable bonds is 6. The first-order valence-electron chi connectivity index (χ1n) is 7.80. The molecule has 3 aromatic rings. The van der Waals surface area contributed by atoms with Gasteiger partial charge in [-0.25, -0.2) is 9.97 Å². The highest BCUT2D eigenvalue weighted by Crippen LogP contribution is 2.19. The molecule has 3 rings (SSSR count). The van der Waals surface area contributed by atoms with E-state index < -0.39 is 0 Å². The van der Waals surface area contributed by atoms with Crippen molar-refractivity contribution in [2.75, 3.05) is 12.4 Å². The molecular weight excluding hydrogens is 316 g/mol. The van der Waals surface area contributed by atoms with E-state index in [1.807, 2.05) is 54.6 Å². The largest absolute Gasteiger partial charge is 0.497 e. The fraction of sp³-hybridized carbons (Fsp3) is 0.105. The van der Waals surface area contributed by atoms with Crippen molar-refractivity contribution >= 4 is 17.4 Å². The fourth-order valence-corrected chi connectivity index (χ4v) is 2.23. The van der Waals surface area contributed by atoms with Gasteiger partial charge < -0.3 is 15.4 Å². The van der Waals surface area contributed by atoms with Crippen LogP contribution in [0.5, 0.6) is 5.75 Å². The van der Waals surface area contributed by atoms with Gasteiger partial charge in [-0.2, -0.15) is 0 Å². The van der Waals surface area contributed by atoms with Gasteiger partial charge in [0.15, 0.2) is 0 Å². The SMILES string of the molecule is COc1cccc(Nc2cnc(C(=O)NCc3ccccc3)cn2)c1. The molecule has 0 aliphatic rings. The van der Waals surface area contributed by atoms with Crippen LogP contribution in [-0.4, -0.2) is 23.0 Å². The first kappa shape index (κ1) is 16.4. The lowest BCUT2D eigenvalue weighted by atomic mass is 10.2. The summed E-state index contributed by atoms with van der Waals surface area (Å²) < 4.78 is 5.18. The Hall–Kier alpha value is -3.41. The first-order chi connectivity index (χ1) is 12.2. The molecule has 0 atom stereocenters. The highest BCUT2D eigenvalue weighted by atomic mass is 16.5. The van der Waals surface area contributed by atoms with Crippen molar-refractivity contribution in [2.45, 2.75) is 6.54 Å². The van der Waals surface area contributed by atoms with Gasteiger partial charge in [-0.15, -0.1) is 0 Å². The summed E-state index contributed by atoms with van der Waals surface area (Å²) in [4.78, 5) is 20.5. The van der Waals surface area contributed by atoms with Crippen LogP contribution < -0.4 is 15.4 Å². The van der Waals surface area contributed by atoms with E-state index in [0.29, 0.717) is 12.4 Å². The summed E-state index contributed by atoms with van der Waals surface area (Å²) in [5.41, 5.74) is 2.13. The molecule has 6 nitrogen and oxygen atoms in total. The molecule has 1 aromatic heterocycles. The van der Waals surface area contributed by atoms with Crippen LogP contribution in [0.4, 0.5) is 11.5 Å². The molecule has 2 aromatic carbocycles. The Bertz CT molecular complexity index is 836. The Morgan fingerprint density at radius 2 is 1.88 bits per heavy atom. The smallest absolute Gasteiger partial charge is 0.271 e. The minimum atomic E-state index is -0.260. The second-order valence-electron chi connectivity index (χ2n) is 5.31. The standard InChI is InChI=1S/C19H18N4O2/c1-25-16-9-5-8-15(10-16)23-18-13-20-17(12-21-18)19(24)22-11-14-6-3-2-4-7-14/h2-10,12-13H,11H2,1H3,(H,21,23)(H,22,24). The van der Waals surface area contributed by atoms with E-state index in [2.05, 4.69) is 20.6 Å². The van der Waals surface area contributed by atoms with E-state index in [-0.39, 0.29) is 11.6 Å². The molecule has 0 spiro atoms. The van der Waals surface area contributed by atoms with Gasteiger partial charge in [0.2, 0.25) is 0 Å². The van der Waals surface area contributed by atoms with Crippen molar-refractivity contribution in [3.63, 3.8) is 0 Å². The molecule has 0 aliphatic carbocycles. The number of carbonyl (C=O) groups excluding carboxylic acids is 1. The Morgan fingerprint density at radius 3 is 2.60 bits per heavy atom. The summed E-state index contributed by atoms with van der Waals surface area (Å²) in [6.45, 7) is 0.450. The van der Waals surface area contributed by atoms with E-state index in [4.69, 9.17) is 4.74 Å². The molecule has 1 heterocycles. The molecule has 0 radical (unpaired) electrons. The quantitative estimate of drug-likeness (QED) is 0.724. The van der Waals surface area contributed by atoms with Gasteiger partial charge in [-0.05, 0) is 17.7 Å². The van der Waals surface area contributed by atoms with Gasteiger partial charge in [-0.1, -0.05) is 36.4 Å². The number of ether oxygens (including phenoxy) is 1. The van der Waals surface area contributed by atoms with E-state index in [0.717, 1.165) is 17.0 Å². The average Bonchev–Trinajstić information content (AvgIpc) is 2.67. The van der Waals surface area contributed by atoms with Gasteiger partial charge >= 0.3 is 0 Å². The maximum atomic E-state index is 12.1. The molecule has 0 fully saturated rings. The van der Waals surface area contributed by atoms with Crippen LogP contribution in [0.3, 0.4) is 0 Å². The van der Waals surface area contributed by atoms with Crippen LogP contribution in [0, 0.1) is 0 Å². The Morgan fingerprint density at radius 1 is 1.04 bits per heavy atom. The third kappa shape index (κ3) is 4.54. The summed E-state index contributed by atoms with van der Waals surface area (Å²) in [6.07, 6.45) is 2.97. The van der Waals surface area contributed by atoms with Crippen LogP contribution in [0.15, 0.2) is 67.0 Å². The van der Waals surface area contributed by atoms with Crippen LogP contribution in [0.1, 0.15) is 16.1 Å². The fourth-order valence-electron chi connectivity index (χ4n) is 2.23. The summed E-state index contributed by atoms with van der Waals surface area (Å²) in [7, 11) is 1.61. The van der Waals surface area contributed by atoms with Gasteiger partial charge in [0.25, 0.3) is 5.91 Å². The summed E-state index contributed by atoms with van der Waals surface area (Å²) >= 11 is 0. The molecule has 6 heteroatoms. The first-order valence-corrected chi connectivity index (χ1v) is 7.80. The number of benzene rings is 2. The Kier molecular flexibility index (Phi) is 5.21. The van der Waals surface area contributed by atoms with Crippen molar-refractivity contribution < 1.29 is 9.53 Å². The number of aromatic nitrogens is 2. The molecule has 0 saturated carbocycles. The maximum Gasteiger partial charge on any atom is 0.271 e. The van der Waals surface area contributed by atoms with E-state index in [1.165, 1.54) is 12.4 Å². The predicted molar refractivity (Wildman–Crippen MR) is 95.9 cm³/mol. The minimum absolute atomic E-state index is 0.260. The zero-order valence-corrected chi connectivity index (χ0v) is 13.8. The molecule has 0 unspecified atom stereocenters. The van der Waals surface area contributed by atoms with Crippen molar-refractivity contribution in [1.29, 1.82) is 0 Å². The summed E-state index contributed by atoms with van der Waals surface area (Å²) in [5, 5.41) is 5.94. The number of methoxy groups -OCH3 is 1. The molecule has 0 aliphatic heterocycles. The van der Waals surface area contributed by atoms with Crippen LogP contribution in [0.25, 0.3) is 0 Å². The lowest BCUT2D eigenvalue weighted by Crippen LogP contribution is -2.24. The highest BCUT2D eigenvalue weighted by molar-refractivity contribution is 5.92. The maximum absolute atomic E-state index is 12.1. The molecule has 1 amide bonds. The summed E-state index contributed by atoms with van der Waals surface area (Å²) in [5.74, 6) is 1.03. The molecular formula is C19H18N4O2. The molecule has 25 heavy (non-hydrogen) atoms. The lowest BCUT2D eigenvalue weighted by molar-refractivity contribution is 0.0945. The van der Waals surface area contributed by atoms with Gasteiger partial charge in [-0.3, -0.25) is 4.79 Å². The Balaban J connectivity index is 1.60. The van der Waals surface area contributed by atoms with Crippen molar-refractivity contribution in [3.05, 3.63) is 78.2 Å². The number of nitrogens with zero attached hydrogens (tertiary/aromatic N) is 2. The summed E-state index contributed by atoms with van der Waals surface area (Å²) in [6, 6.07) is 17.2. The van der Waals surface area contributed by atoms with E-state index >= 15 is 0 Å². The highest BCUT2D eigenvalue weighted by Gasteiger charge is 2.08. The Labute approximate surface area is 145 Å². The van der Waals surface area contributed by atoms with Crippen molar-refractivity contribution in [3.8, 4) is 5.75 Å². The average molecular weight is 334 g/mol. The zero-order chi connectivity index (χ0) is 17.5. The van der Waals surface area contributed by atoms with Gasteiger partial charge in [0, 0.05) is 18.3 Å². The number of hydrogen-bond donors (Lipinski definition) is 2. The monoisotopic (exact) mass is 334 g/mol. The third-order valence-corrected chi connectivity index (χ3v) is 3.52. The zero-order valence-electron chi connectivity index (χ0n) is 13.8. The molecule has 0 saturated heterocycles. The normalized spacial score (nSPS) is 10.1. The molecule has 126 valence electrons. The van der Waals surface area contributed by atoms with Crippen LogP contribution in [0.2, 0.25) is 0 Å². The topological polar surface area (TPSA) is 76.1 Å². The van der Waals surface area contributed by atoms with E-state index in [1.54, 1.807) is 7.11 Å². The second-order valence-corrected chi connectivity index (χ2v) is 5.31. The van der Waals surface area contributed by atoms with Crippen LogP contribution >= 0.6 is 0 Å². The van der Waals surface area contributed by atoms with Crippen LogP contribution in [-0.2, 0) is 6.54 Å². The van der Waals surface area contributed by atoms with Crippen molar-refractivity contribution in [2.24, 2.45) is 0 Å². The predicted octanol–water partition coefficient (Wildman–Crippen LogP) is 3.16. The number of nitrogens with one attached hydrogen (secondary N) is 2. The minimum Gasteiger partial charge on any atom is -0.497 e. The molecule has 2 N–H and O–H groups in total. The third-order valence-electron chi connectivity index (χ3n) is 3.52. The van der Waals surface area contributed by atoms with E-state index in [9.17, 15) is 4.79 Å². The van der Waals surface area contributed by atoms with Gasteiger partial charge in [0.1, 0.15) is 17.3 Å². The van der Waals surface area contributed by atoms with Gasteiger partial charge in [0.05, 0.1) is 19.5 Å². The number of anilines is 2. The number of hydrogen-bond acceptors (Lipinski definition) is 5. The molecule has 0 bridgehead atoms. The number of carbonyl (C=O) groups is 1. The lowest BCUT2D eigenvalue weighted by Gasteiger charge is -2.08. The second kappa shape index (κ2) is 7.92. The number of amides is 1. The van der Waals surface area contributed by atoms with Crippen molar-refractivity contribution in [1.82, 2.24) is 15.3 Å².